The summed E-state index contributed by atoms with van der Waals surface area (Å²) >= 11 is 0. The van der Waals surface area contributed by atoms with Crippen molar-refractivity contribution in [3.8, 4) is 11.5 Å². The molecule has 0 bridgehead atoms. The number of ether oxygens (including phenoxy) is 2. The van der Waals surface area contributed by atoms with E-state index in [-0.39, 0.29) is 5.78 Å². The molecule has 0 spiro atoms. The lowest BCUT2D eigenvalue weighted by molar-refractivity contribution is 0.101. The Labute approximate surface area is 118 Å². The van der Waals surface area contributed by atoms with Gasteiger partial charge in [-0.3, -0.25) is 9.78 Å². The van der Waals surface area contributed by atoms with E-state index in [4.69, 9.17) is 9.47 Å². The number of ketones is 1. The van der Waals surface area contributed by atoms with Crippen molar-refractivity contribution in [1.29, 1.82) is 0 Å². The zero-order chi connectivity index (χ0) is 14.5. The first-order valence-electron chi connectivity index (χ1n) is 6.34. The molecule has 0 unspecified atom stereocenters. The number of hydrogen-bond donors (Lipinski definition) is 0. The number of nitrogens with zero attached hydrogens (tertiary/aromatic N) is 1. The number of Topliss-reactive ketones (excluding diaryl/α,β-unsaturated/α-hetero) is 1. The van der Waals surface area contributed by atoms with Crippen molar-refractivity contribution in [3.63, 3.8) is 0 Å². The third kappa shape index (κ3) is 3.15. The molecule has 0 aliphatic rings. The van der Waals surface area contributed by atoms with Gasteiger partial charge in [0.05, 0.1) is 18.4 Å². The third-order valence-electron chi connectivity index (χ3n) is 3.05. The Morgan fingerprint density at radius 3 is 2.75 bits per heavy atom. The van der Waals surface area contributed by atoms with E-state index in [0.717, 1.165) is 11.3 Å². The van der Waals surface area contributed by atoms with E-state index in [2.05, 4.69) is 4.98 Å². The van der Waals surface area contributed by atoms with Crippen molar-refractivity contribution in [3.05, 3.63) is 53.3 Å². The Kier molecular flexibility index (Phi) is 4.35. The van der Waals surface area contributed by atoms with Gasteiger partial charge in [-0.2, -0.15) is 0 Å². The van der Waals surface area contributed by atoms with Gasteiger partial charge in [-0.15, -0.1) is 0 Å². The largest absolute Gasteiger partial charge is 0.497 e. The van der Waals surface area contributed by atoms with E-state index in [1.807, 2.05) is 19.1 Å². The van der Waals surface area contributed by atoms with Gasteiger partial charge >= 0.3 is 0 Å². The second-order valence-corrected chi connectivity index (χ2v) is 4.47. The predicted molar refractivity (Wildman–Crippen MR) is 76.3 cm³/mol. The second kappa shape index (κ2) is 6.19. The van der Waals surface area contributed by atoms with Crippen molar-refractivity contribution in [2.24, 2.45) is 0 Å². The first-order valence-corrected chi connectivity index (χ1v) is 6.34. The van der Waals surface area contributed by atoms with Gasteiger partial charge in [0.25, 0.3) is 0 Å². The van der Waals surface area contributed by atoms with Crippen molar-refractivity contribution in [2.75, 3.05) is 7.11 Å². The Hall–Kier alpha value is -2.36. The highest BCUT2D eigenvalue weighted by atomic mass is 16.5. The van der Waals surface area contributed by atoms with Gasteiger partial charge in [0, 0.05) is 12.3 Å². The van der Waals surface area contributed by atoms with Crippen LogP contribution in [0.2, 0.25) is 0 Å². The molecule has 0 fully saturated rings. The van der Waals surface area contributed by atoms with Crippen LogP contribution in [-0.2, 0) is 6.61 Å². The third-order valence-corrected chi connectivity index (χ3v) is 3.05. The summed E-state index contributed by atoms with van der Waals surface area (Å²) in [6, 6.07) is 9.03. The lowest BCUT2D eigenvalue weighted by atomic mass is 10.1. The number of hydrogen-bond acceptors (Lipinski definition) is 4. The molecule has 1 aromatic heterocycles. The molecule has 0 amide bonds. The fourth-order valence-corrected chi connectivity index (χ4v) is 1.86. The van der Waals surface area contributed by atoms with Crippen LogP contribution in [0.5, 0.6) is 11.5 Å². The summed E-state index contributed by atoms with van der Waals surface area (Å²) < 4.78 is 10.9. The van der Waals surface area contributed by atoms with Crippen LogP contribution in [0, 0.1) is 6.92 Å². The highest BCUT2D eigenvalue weighted by Crippen LogP contribution is 2.26. The molecule has 4 nitrogen and oxygen atoms in total. The minimum absolute atomic E-state index is 0.0413. The number of rotatable bonds is 5. The molecule has 0 radical (unpaired) electrons. The van der Waals surface area contributed by atoms with Crippen LogP contribution in [0.15, 0.2) is 36.5 Å². The van der Waals surface area contributed by atoms with Crippen LogP contribution in [0.4, 0.5) is 0 Å². The van der Waals surface area contributed by atoms with Gasteiger partial charge in [-0.05, 0) is 37.6 Å². The van der Waals surface area contributed by atoms with Crippen molar-refractivity contribution >= 4 is 5.78 Å². The van der Waals surface area contributed by atoms with Gasteiger partial charge in [0.1, 0.15) is 18.1 Å². The Balaban J connectivity index is 2.24. The zero-order valence-corrected chi connectivity index (χ0v) is 11.8. The predicted octanol–water partition coefficient (Wildman–Crippen LogP) is 3.18. The monoisotopic (exact) mass is 271 g/mol. The van der Waals surface area contributed by atoms with Crippen LogP contribution < -0.4 is 9.47 Å². The normalized spacial score (nSPS) is 10.2. The molecular formula is C16H17NO3. The summed E-state index contributed by atoms with van der Waals surface area (Å²) in [6.45, 7) is 3.81. The summed E-state index contributed by atoms with van der Waals surface area (Å²) in [5.41, 5.74) is 2.45. The number of methoxy groups -OCH3 is 1. The summed E-state index contributed by atoms with van der Waals surface area (Å²) in [5.74, 6) is 1.13. The first kappa shape index (κ1) is 14.1. The lowest BCUT2D eigenvalue weighted by Crippen LogP contribution is -2.04. The minimum atomic E-state index is -0.0413. The Morgan fingerprint density at radius 2 is 2.10 bits per heavy atom. The lowest BCUT2D eigenvalue weighted by Gasteiger charge is -2.12. The Bertz CT molecular complexity index is 623. The molecule has 20 heavy (non-hydrogen) atoms. The molecule has 0 saturated carbocycles. The van der Waals surface area contributed by atoms with E-state index in [1.54, 1.807) is 31.5 Å². The fourth-order valence-electron chi connectivity index (χ4n) is 1.86. The van der Waals surface area contributed by atoms with Crippen LogP contribution in [0.25, 0.3) is 0 Å². The molecule has 1 heterocycles. The molecule has 4 heteroatoms. The molecule has 1 aromatic carbocycles. The molecule has 0 aliphatic heterocycles. The molecule has 104 valence electrons. The molecule has 0 aliphatic carbocycles. The number of benzene rings is 1. The Morgan fingerprint density at radius 1 is 1.30 bits per heavy atom. The topological polar surface area (TPSA) is 48.4 Å². The van der Waals surface area contributed by atoms with Gasteiger partial charge < -0.3 is 9.47 Å². The molecule has 0 N–H and O–H groups in total. The molecule has 2 rings (SSSR count). The molecule has 0 saturated heterocycles. The van der Waals surface area contributed by atoms with Crippen molar-refractivity contribution in [2.45, 2.75) is 20.5 Å². The summed E-state index contributed by atoms with van der Waals surface area (Å²) in [4.78, 5) is 15.9. The van der Waals surface area contributed by atoms with Gasteiger partial charge in [-0.25, -0.2) is 0 Å². The maximum atomic E-state index is 11.6. The van der Waals surface area contributed by atoms with Crippen LogP contribution in [0.1, 0.15) is 28.5 Å². The second-order valence-electron chi connectivity index (χ2n) is 4.47. The average molecular weight is 271 g/mol. The van der Waals surface area contributed by atoms with E-state index < -0.39 is 0 Å². The quantitative estimate of drug-likeness (QED) is 0.784. The van der Waals surface area contributed by atoms with Crippen molar-refractivity contribution in [1.82, 2.24) is 4.98 Å². The van der Waals surface area contributed by atoms with E-state index in [1.165, 1.54) is 6.92 Å². The maximum Gasteiger partial charge on any atom is 0.163 e. The number of aryl methyl sites for hydroxylation is 1. The summed E-state index contributed by atoms with van der Waals surface area (Å²) in [7, 11) is 1.58. The molecule has 0 atom stereocenters. The maximum absolute atomic E-state index is 11.6. The highest BCUT2D eigenvalue weighted by molar-refractivity contribution is 5.97. The van der Waals surface area contributed by atoms with E-state index in [9.17, 15) is 4.79 Å². The molecular weight excluding hydrogens is 254 g/mol. The summed E-state index contributed by atoms with van der Waals surface area (Å²) in [6.07, 6.45) is 1.73. The highest BCUT2D eigenvalue weighted by Gasteiger charge is 2.11. The summed E-state index contributed by atoms with van der Waals surface area (Å²) in [5, 5.41) is 0. The number of aromatic nitrogens is 1. The van der Waals surface area contributed by atoms with Gasteiger partial charge in [-0.1, -0.05) is 6.07 Å². The van der Waals surface area contributed by atoms with E-state index >= 15 is 0 Å². The number of pyridine rings is 1. The zero-order valence-electron chi connectivity index (χ0n) is 11.8. The number of carbonyl (C=O) groups excluding carboxylic acids is 1. The fraction of sp³-hybridized carbons (Fsp3) is 0.250. The first-order chi connectivity index (χ1) is 9.61. The van der Waals surface area contributed by atoms with Gasteiger partial charge in [0.15, 0.2) is 5.78 Å². The van der Waals surface area contributed by atoms with Crippen LogP contribution in [0.3, 0.4) is 0 Å². The standard InChI is InChI=1S/C16H17NO3/c1-11-5-4-8-17-15(11)10-20-16-9-13(19-3)6-7-14(16)12(2)18/h4-9H,10H2,1-3H3. The number of carbonyl (C=O) groups is 1. The minimum Gasteiger partial charge on any atom is -0.497 e. The van der Waals surface area contributed by atoms with E-state index in [0.29, 0.717) is 23.7 Å². The van der Waals surface area contributed by atoms with Crippen molar-refractivity contribution < 1.29 is 14.3 Å². The molecule has 2 aromatic rings. The average Bonchev–Trinajstić information content (AvgIpc) is 2.46. The van der Waals surface area contributed by atoms with Crippen LogP contribution in [-0.4, -0.2) is 17.9 Å². The van der Waals surface area contributed by atoms with Crippen LogP contribution >= 0.6 is 0 Å². The SMILES string of the molecule is COc1ccc(C(C)=O)c(OCc2ncccc2C)c1. The smallest absolute Gasteiger partial charge is 0.163 e. The van der Waals surface area contributed by atoms with Gasteiger partial charge in [0.2, 0.25) is 0 Å².